The highest BCUT2D eigenvalue weighted by atomic mass is 32.1. The average Bonchev–Trinajstić information content (AvgIpc) is 3.28. The molecule has 1 amide bonds. The van der Waals surface area contributed by atoms with Crippen LogP contribution in [0.25, 0.3) is 32.7 Å². The third kappa shape index (κ3) is 4.00. The fourth-order valence-electron chi connectivity index (χ4n) is 3.33. The number of carbonyl (C=O) groups is 1. The summed E-state index contributed by atoms with van der Waals surface area (Å²) in [6.45, 7) is 0. The van der Waals surface area contributed by atoms with Gasteiger partial charge in [0.15, 0.2) is 5.13 Å². The maximum atomic E-state index is 12.1. The van der Waals surface area contributed by atoms with Crippen LogP contribution in [-0.4, -0.2) is 25.8 Å². The number of nitrogens with zero attached hydrogens (tertiary/aromatic N) is 1. The van der Waals surface area contributed by atoms with E-state index in [0.29, 0.717) is 16.3 Å². The zero-order chi connectivity index (χ0) is 21.8. The molecule has 1 aliphatic carbocycles. The Balaban J connectivity index is 1.55. The highest BCUT2D eigenvalue weighted by molar-refractivity contribution is 7.59. The standard InChI is InChI=1S/C21H17N2O6PS/c24-14-9-12(8-13(10-14)17-6-7-18(29-17)30(26,27)28)15-2-1-3-16-19(15)31-21(22-16)23-20(25)11-4-5-11/h1-3,6-11,24H,4-5H2,(H,22,23,25)(H2,26,27,28). The Morgan fingerprint density at radius 1 is 1.13 bits per heavy atom. The SMILES string of the molecule is O=C(Nc1nc2cccc(-c3cc(O)cc(-c4ccc(P(=O)(O)O)o4)c3)c2s1)C1CC1. The summed E-state index contributed by atoms with van der Waals surface area (Å²) in [6, 6.07) is 13.1. The number of fused-ring (bicyclic) bond motifs is 1. The number of hydrogen-bond donors (Lipinski definition) is 4. The van der Waals surface area contributed by atoms with E-state index in [0.717, 1.165) is 28.6 Å². The van der Waals surface area contributed by atoms with Crippen LogP contribution >= 0.6 is 18.9 Å². The fraction of sp³-hybridized carbons (Fsp3) is 0.143. The highest BCUT2D eigenvalue weighted by Crippen LogP contribution is 2.40. The van der Waals surface area contributed by atoms with Crippen molar-refractivity contribution in [1.29, 1.82) is 0 Å². The third-order valence-electron chi connectivity index (χ3n) is 4.99. The molecule has 0 aliphatic heterocycles. The Kier molecular flexibility index (Phi) is 4.71. The van der Waals surface area contributed by atoms with Crippen molar-refractivity contribution in [2.75, 3.05) is 5.32 Å². The van der Waals surface area contributed by atoms with Crippen molar-refractivity contribution in [1.82, 2.24) is 4.98 Å². The van der Waals surface area contributed by atoms with Crippen LogP contribution in [0.2, 0.25) is 0 Å². The number of phenolic OH excluding ortho intramolecular Hbond substituents is 1. The van der Waals surface area contributed by atoms with Crippen molar-refractivity contribution in [3.8, 4) is 28.2 Å². The number of aromatic hydroxyl groups is 1. The number of nitrogens with one attached hydrogen (secondary N) is 1. The van der Waals surface area contributed by atoms with Gasteiger partial charge in [-0.2, -0.15) is 0 Å². The molecule has 158 valence electrons. The molecule has 2 aromatic carbocycles. The maximum Gasteiger partial charge on any atom is 0.391 e. The Hall–Kier alpha value is -2.97. The van der Waals surface area contributed by atoms with E-state index in [1.165, 1.54) is 29.5 Å². The van der Waals surface area contributed by atoms with E-state index in [1.807, 2.05) is 18.2 Å². The number of furan rings is 1. The number of phenols is 1. The van der Waals surface area contributed by atoms with Crippen LogP contribution in [0.4, 0.5) is 5.13 Å². The van der Waals surface area contributed by atoms with Crippen LogP contribution in [0.1, 0.15) is 12.8 Å². The number of carbonyl (C=O) groups excluding carboxylic acids is 1. The smallest absolute Gasteiger partial charge is 0.391 e. The van der Waals surface area contributed by atoms with Gasteiger partial charge in [0.25, 0.3) is 0 Å². The van der Waals surface area contributed by atoms with Crippen LogP contribution in [-0.2, 0) is 9.36 Å². The van der Waals surface area contributed by atoms with E-state index in [9.17, 15) is 24.3 Å². The molecule has 0 saturated heterocycles. The molecular formula is C21H17N2O6PS. The van der Waals surface area contributed by atoms with Crippen molar-refractivity contribution in [3.63, 3.8) is 0 Å². The van der Waals surface area contributed by atoms with Crippen LogP contribution in [0.5, 0.6) is 5.75 Å². The summed E-state index contributed by atoms with van der Waals surface area (Å²) >= 11 is 1.36. The number of aromatic nitrogens is 1. The minimum atomic E-state index is -4.51. The predicted molar refractivity (Wildman–Crippen MR) is 117 cm³/mol. The molecule has 10 heteroatoms. The van der Waals surface area contributed by atoms with Crippen LogP contribution < -0.4 is 10.8 Å². The van der Waals surface area contributed by atoms with Crippen molar-refractivity contribution in [2.24, 2.45) is 5.92 Å². The molecule has 5 rings (SSSR count). The zero-order valence-corrected chi connectivity index (χ0v) is 17.7. The van der Waals surface area contributed by atoms with E-state index in [1.54, 1.807) is 12.1 Å². The number of rotatable bonds is 5. The summed E-state index contributed by atoms with van der Waals surface area (Å²) in [5, 5.41) is 13.7. The quantitative estimate of drug-likeness (QED) is 0.333. The number of amides is 1. The van der Waals surface area contributed by atoms with E-state index < -0.39 is 13.1 Å². The molecule has 1 saturated carbocycles. The molecule has 8 nitrogen and oxygen atoms in total. The summed E-state index contributed by atoms with van der Waals surface area (Å²) in [4.78, 5) is 35.2. The lowest BCUT2D eigenvalue weighted by atomic mass is 10.0. The molecule has 2 aromatic heterocycles. The third-order valence-corrected chi connectivity index (χ3v) is 6.82. The second-order valence-corrected chi connectivity index (χ2v) is 9.91. The first-order chi connectivity index (χ1) is 14.8. The highest BCUT2D eigenvalue weighted by Gasteiger charge is 2.30. The molecule has 0 unspecified atom stereocenters. The van der Waals surface area contributed by atoms with E-state index in [-0.39, 0.29) is 23.3 Å². The normalized spacial score (nSPS) is 14.1. The molecule has 1 fully saturated rings. The Morgan fingerprint density at radius 3 is 2.61 bits per heavy atom. The monoisotopic (exact) mass is 456 g/mol. The Morgan fingerprint density at radius 2 is 1.90 bits per heavy atom. The van der Waals surface area contributed by atoms with Crippen LogP contribution in [0.15, 0.2) is 52.9 Å². The fourth-order valence-corrected chi connectivity index (χ4v) is 4.82. The second-order valence-electron chi connectivity index (χ2n) is 7.39. The first-order valence-corrected chi connectivity index (χ1v) is 11.9. The predicted octanol–water partition coefficient (Wildman–Crippen LogP) is 4.08. The maximum absolute atomic E-state index is 12.1. The lowest BCUT2D eigenvalue weighted by Gasteiger charge is -2.07. The minimum Gasteiger partial charge on any atom is -0.508 e. The summed E-state index contributed by atoms with van der Waals surface area (Å²) in [6.07, 6.45) is 1.81. The summed E-state index contributed by atoms with van der Waals surface area (Å²) in [5.74, 6) is 0.264. The van der Waals surface area contributed by atoms with E-state index in [2.05, 4.69) is 10.3 Å². The van der Waals surface area contributed by atoms with Gasteiger partial charge in [-0.3, -0.25) is 9.36 Å². The number of hydrogen-bond acceptors (Lipinski definition) is 6. The van der Waals surface area contributed by atoms with E-state index >= 15 is 0 Å². The van der Waals surface area contributed by atoms with Gasteiger partial charge in [-0.15, -0.1) is 0 Å². The second kappa shape index (κ2) is 7.32. The Labute approximate surface area is 180 Å². The molecule has 0 radical (unpaired) electrons. The minimum absolute atomic E-state index is 0.0149. The summed E-state index contributed by atoms with van der Waals surface area (Å²) < 4.78 is 17.6. The Bertz CT molecular complexity index is 1370. The number of anilines is 1. The lowest BCUT2D eigenvalue weighted by molar-refractivity contribution is -0.117. The molecule has 31 heavy (non-hydrogen) atoms. The van der Waals surface area contributed by atoms with Gasteiger partial charge in [0.1, 0.15) is 11.5 Å². The number of thiazole rings is 1. The number of benzene rings is 2. The zero-order valence-electron chi connectivity index (χ0n) is 16.0. The van der Waals surface area contributed by atoms with Gasteiger partial charge in [-0.25, -0.2) is 4.98 Å². The van der Waals surface area contributed by atoms with E-state index in [4.69, 9.17) is 4.42 Å². The lowest BCUT2D eigenvalue weighted by Crippen LogP contribution is -2.12. The summed E-state index contributed by atoms with van der Waals surface area (Å²) in [5.41, 5.74) is 2.24. The van der Waals surface area contributed by atoms with Crippen molar-refractivity contribution >= 4 is 45.7 Å². The molecule has 4 aromatic rings. The van der Waals surface area contributed by atoms with Gasteiger partial charge < -0.3 is 24.6 Å². The first-order valence-electron chi connectivity index (χ1n) is 9.49. The molecule has 4 N–H and O–H groups in total. The van der Waals surface area contributed by atoms with Gasteiger partial charge in [-0.05, 0) is 54.8 Å². The van der Waals surface area contributed by atoms with Crippen LogP contribution in [0.3, 0.4) is 0 Å². The van der Waals surface area contributed by atoms with Crippen molar-refractivity contribution in [3.05, 3.63) is 48.5 Å². The first kappa shape index (κ1) is 20.0. The van der Waals surface area contributed by atoms with Gasteiger partial charge in [0, 0.05) is 17.0 Å². The molecular weight excluding hydrogens is 439 g/mol. The molecule has 0 bridgehead atoms. The molecule has 1 aliphatic rings. The molecule has 0 spiro atoms. The van der Waals surface area contributed by atoms with Crippen LogP contribution in [0, 0.1) is 5.92 Å². The van der Waals surface area contributed by atoms with Gasteiger partial charge >= 0.3 is 7.60 Å². The van der Waals surface area contributed by atoms with Crippen molar-refractivity contribution in [2.45, 2.75) is 12.8 Å². The molecule has 0 atom stereocenters. The van der Waals surface area contributed by atoms with Crippen molar-refractivity contribution < 1.29 is 28.7 Å². The largest absolute Gasteiger partial charge is 0.508 e. The summed E-state index contributed by atoms with van der Waals surface area (Å²) in [7, 11) is -4.51. The average molecular weight is 456 g/mol. The topological polar surface area (TPSA) is 133 Å². The molecule has 2 heterocycles. The van der Waals surface area contributed by atoms with Gasteiger partial charge in [-0.1, -0.05) is 23.5 Å². The van der Waals surface area contributed by atoms with Gasteiger partial charge in [0.05, 0.1) is 10.2 Å². The van der Waals surface area contributed by atoms with Gasteiger partial charge in [0.2, 0.25) is 11.4 Å².